The van der Waals surface area contributed by atoms with Crippen molar-refractivity contribution in [2.75, 3.05) is 25.5 Å². The molecular weight excluding hydrogens is 316 g/mol. The number of anilines is 1. The number of hydrogen-bond donors (Lipinski definition) is 1. The van der Waals surface area contributed by atoms with Gasteiger partial charge in [0.05, 0.1) is 20.1 Å². The molecule has 1 aliphatic heterocycles. The first-order valence-electron chi connectivity index (χ1n) is 9.30. The number of likely N-dealkylation sites (tertiary alicyclic amines) is 1. The van der Waals surface area contributed by atoms with E-state index in [9.17, 15) is 9.59 Å². The number of carbonyl (C=O) groups excluding carboxylic acids is 2. The fourth-order valence-corrected chi connectivity index (χ4v) is 3.54. The second-order valence-electron chi connectivity index (χ2n) is 6.61. The van der Waals surface area contributed by atoms with Gasteiger partial charge in [-0.05, 0) is 43.4 Å². The van der Waals surface area contributed by atoms with E-state index in [4.69, 9.17) is 4.74 Å². The van der Waals surface area contributed by atoms with Crippen molar-refractivity contribution in [3.05, 3.63) is 29.3 Å². The molecule has 1 heterocycles. The second-order valence-corrected chi connectivity index (χ2v) is 6.61. The van der Waals surface area contributed by atoms with E-state index < -0.39 is 0 Å². The number of methoxy groups -OCH3 is 1. The third-order valence-electron chi connectivity index (χ3n) is 4.99. The first-order valence-corrected chi connectivity index (χ1v) is 9.30. The first-order chi connectivity index (χ1) is 12.1. The Labute approximate surface area is 150 Å². The lowest BCUT2D eigenvalue weighted by molar-refractivity contribution is -0.142. The molecule has 138 valence electrons. The molecule has 2 rings (SSSR count). The Morgan fingerprint density at radius 3 is 2.48 bits per heavy atom. The molecule has 0 saturated carbocycles. The van der Waals surface area contributed by atoms with Crippen LogP contribution in [0.15, 0.2) is 18.2 Å². The lowest BCUT2D eigenvalue weighted by Crippen LogP contribution is -2.45. The van der Waals surface area contributed by atoms with E-state index in [0.717, 1.165) is 55.5 Å². The van der Waals surface area contributed by atoms with Gasteiger partial charge in [0.1, 0.15) is 0 Å². The summed E-state index contributed by atoms with van der Waals surface area (Å²) < 4.78 is 4.80. The zero-order valence-electron chi connectivity index (χ0n) is 15.6. The summed E-state index contributed by atoms with van der Waals surface area (Å²) in [6, 6.07) is 6.27. The van der Waals surface area contributed by atoms with Crippen LogP contribution in [0, 0.1) is 0 Å². The zero-order valence-corrected chi connectivity index (χ0v) is 15.6. The van der Waals surface area contributed by atoms with Crippen LogP contribution >= 0.6 is 0 Å². The maximum Gasteiger partial charge on any atom is 0.307 e. The van der Waals surface area contributed by atoms with Crippen LogP contribution in [0.1, 0.15) is 50.7 Å². The SMILES string of the molecule is CCc1cccc(CC)c1NC(=O)CN1CCCC[C@H]1CC(=O)OC. The number of carbonyl (C=O) groups is 2. The van der Waals surface area contributed by atoms with Crippen molar-refractivity contribution < 1.29 is 14.3 Å². The highest BCUT2D eigenvalue weighted by molar-refractivity contribution is 5.94. The van der Waals surface area contributed by atoms with Crippen molar-refractivity contribution >= 4 is 17.6 Å². The predicted octanol–water partition coefficient (Wildman–Crippen LogP) is 3.17. The molecule has 0 bridgehead atoms. The van der Waals surface area contributed by atoms with Crippen molar-refractivity contribution in [2.24, 2.45) is 0 Å². The molecule has 1 aromatic rings. The van der Waals surface area contributed by atoms with Crippen molar-refractivity contribution in [3.8, 4) is 0 Å². The maximum absolute atomic E-state index is 12.6. The number of hydrogen-bond acceptors (Lipinski definition) is 4. The van der Waals surface area contributed by atoms with Gasteiger partial charge in [-0.25, -0.2) is 0 Å². The van der Waals surface area contributed by atoms with Crippen molar-refractivity contribution in [2.45, 2.75) is 58.4 Å². The average molecular weight is 346 g/mol. The Bertz CT molecular complexity index is 578. The van der Waals surface area contributed by atoms with Crippen LogP contribution in [0.2, 0.25) is 0 Å². The smallest absolute Gasteiger partial charge is 0.307 e. The fraction of sp³-hybridized carbons (Fsp3) is 0.600. The molecule has 0 aromatic heterocycles. The molecule has 5 nitrogen and oxygen atoms in total. The molecule has 1 aromatic carbocycles. The molecule has 0 unspecified atom stereocenters. The number of piperidine rings is 1. The summed E-state index contributed by atoms with van der Waals surface area (Å²) in [5.74, 6) is -0.214. The van der Waals surface area contributed by atoms with Crippen LogP contribution in [-0.4, -0.2) is 43.0 Å². The van der Waals surface area contributed by atoms with Crippen LogP contribution < -0.4 is 5.32 Å². The topological polar surface area (TPSA) is 58.6 Å². The Kier molecular flexibility index (Phi) is 7.44. The summed E-state index contributed by atoms with van der Waals surface area (Å²) in [6.07, 6.45) is 5.23. The number of esters is 1. The Morgan fingerprint density at radius 2 is 1.88 bits per heavy atom. The number of nitrogens with one attached hydrogen (secondary N) is 1. The largest absolute Gasteiger partial charge is 0.469 e. The van der Waals surface area contributed by atoms with Gasteiger partial charge >= 0.3 is 5.97 Å². The molecule has 1 aliphatic rings. The normalized spacial score (nSPS) is 18.0. The standard InChI is InChI=1S/C20H30N2O3/c1-4-15-9-8-10-16(5-2)20(15)21-18(23)14-22-12-7-6-11-17(22)13-19(24)25-3/h8-10,17H,4-7,11-14H2,1-3H3,(H,21,23)/t17-/m0/s1. The van der Waals surface area contributed by atoms with Gasteiger partial charge in [-0.15, -0.1) is 0 Å². The maximum atomic E-state index is 12.6. The van der Waals surface area contributed by atoms with E-state index >= 15 is 0 Å². The Morgan fingerprint density at radius 1 is 1.20 bits per heavy atom. The summed E-state index contributed by atoms with van der Waals surface area (Å²) in [4.78, 5) is 26.4. The minimum Gasteiger partial charge on any atom is -0.469 e. The molecule has 0 radical (unpaired) electrons. The molecular formula is C20H30N2O3. The van der Waals surface area contributed by atoms with Gasteiger partial charge in [0, 0.05) is 11.7 Å². The Hall–Kier alpha value is -1.88. The third kappa shape index (κ3) is 5.30. The molecule has 1 N–H and O–H groups in total. The van der Waals surface area contributed by atoms with Crippen LogP contribution in [-0.2, 0) is 27.2 Å². The lowest BCUT2D eigenvalue weighted by Gasteiger charge is -2.34. The molecule has 0 spiro atoms. The molecule has 1 amide bonds. The van der Waals surface area contributed by atoms with E-state index in [-0.39, 0.29) is 17.9 Å². The van der Waals surface area contributed by atoms with E-state index in [1.54, 1.807) is 0 Å². The summed E-state index contributed by atoms with van der Waals surface area (Å²) in [5, 5.41) is 3.12. The quantitative estimate of drug-likeness (QED) is 0.771. The number of para-hydroxylation sites is 1. The van der Waals surface area contributed by atoms with Crippen molar-refractivity contribution in [3.63, 3.8) is 0 Å². The number of benzene rings is 1. The van der Waals surface area contributed by atoms with Gasteiger partial charge < -0.3 is 10.1 Å². The summed E-state index contributed by atoms with van der Waals surface area (Å²) in [7, 11) is 1.41. The molecule has 1 fully saturated rings. The molecule has 0 aliphatic carbocycles. The van der Waals surface area contributed by atoms with Crippen LogP contribution in [0.3, 0.4) is 0 Å². The number of nitrogens with zero attached hydrogens (tertiary/aromatic N) is 1. The van der Waals surface area contributed by atoms with Crippen LogP contribution in [0.4, 0.5) is 5.69 Å². The van der Waals surface area contributed by atoms with E-state index in [0.29, 0.717) is 13.0 Å². The average Bonchev–Trinajstić information content (AvgIpc) is 2.63. The van der Waals surface area contributed by atoms with Crippen LogP contribution in [0.25, 0.3) is 0 Å². The highest BCUT2D eigenvalue weighted by Gasteiger charge is 2.27. The van der Waals surface area contributed by atoms with E-state index in [1.165, 1.54) is 7.11 Å². The molecule has 1 saturated heterocycles. The molecule has 25 heavy (non-hydrogen) atoms. The van der Waals surface area contributed by atoms with Gasteiger partial charge in [-0.2, -0.15) is 0 Å². The van der Waals surface area contributed by atoms with Crippen LogP contribution in [0.5, 0.6) is 0 Å². The third-order valence-corrected chi connectivity index (χ3v) is 4.99. The van der Waals surface area contributed by atoms with E-state index in [1.807, 2.05) is 6.07 Å². The first kappa shape index (κ1) is 19.4. The van der Waals surface area contributed by atoms with Gasteiger partial charge in [0.15, 0.2) is 0 Å². The minimum atomic E-state index is -0.207. The highest BCUT2D eigenvalue weighted by Crippen LogP contribution is 2.24. The van der Waals surface area contributed by atoms with Gasteiger partial charge in [-0.1, -0.05) is 38.5 Å². The lowest BCUT2D eigenvalue weighted by atomic mass is 9.99. The highest BCUT2D eigenvalue weighted by atomic mass is 16.5. The second kappa shape index (κ2) is 9.56. The molecule has 5 heteroatoms. The summed E-state index contributed by atoms with van der Waals surface area (Å²) in [5.41, 5.74) is 3.29. The van der Waals surface area contributed by atoms with Crippen molar-refractivity contribution in [1.29, 1.82) is 0 Å². The monoisotopic (exact) mass is 346 g/mol. The predicted molar refractivity (Wildman–Crippen MR) is 99.7 cm³/mol. The molecule has 1 atom stereocenters. The van der Waals surface area contributed by atoms with Gasteiger partial charge in [0.2, 0.25) is 5.91 Å². The number of rotatable bonds is 7. The van der Waals surface area contributed by atoms with Gasteiger partial charge in [-0.3, -0.25) is 14.5 Å². The van der Waals surface area contributed by atoms with Gasteiger partial charge in [0.25, 0.3) is 0 Å². The number of aryl methyl sites for hydroxylation is 2. The van der Waals surface area contributed by atoms with E-state index in [2.05, 4.69) is 36.2 Å². The number of amides is 1. The fourth-order valence-electron chi connectivity index (χ4n) is 3.54. The summed E-state index contributed by atoms with van der Waals surface area (Å²) in [6.45, 7) is 5.37. The summed E-state index contributed by atoms with van der Waals surface area (Å²) >= 11 is 0. The number of ether oxygens (including phenoxy) is 1. The minimum absolute atomic E-state index is 0.00707. The Balaban J connectivity index is 2.04. The van der Waals surface area contributed by atoms with Crippen molar-refractivity contribution in [1.82, 2.24) is 4.90 Å². The zero-order chi connectivity index (χ0) is 18.2.